The molecule has 1 fully saturated rings. The third-order valence-corrected chi connectivity index (χ3v) is 9.43. The SMILES string of the molecule is COC(=O)c1ccc2c(C3CCCCC3)c3n(c2c1)CC(=O)Nc1cc2nc(-c4sc(C)nc4C)ccc2cc1-3. The third kappa shape index (κ3) is 4.01. The summed E-state index contributed by atoms with van der Waals surface area (Å²) in [7, 11) is 1.39. The van der Waals surface area contributed by atoms with Crippen LogP contribution in [-0.4, -0.2) is 33.5 Å². The van der Waals surface area contributed by atoms with Gasteiger partial charge in [0.05, 0.1) is 56.4 Å². The Morgan fingerprint density at radius 1 is 1.05 bits per heavy atom. The van der Waals surface area contributed by atoms with Crippen molar-refractivity contribution in [2.75, 3.05) is 12.4 Å². The number of aromatic nitrogens is 3. The maximum absolute atomic E-state index is 13.3. The molecule has 40 heavy (non-hydrogen) atoms. The molecule has 1 N–H and O–H groups in total. The maximum Gasteiger partial charge on any atom is 0.337 e. The number of rotatable bonds is 3. The Hall–Kier alpha value is -4.04. The summed E-state index contributed by atoms with van der Waals surface area (Å²) in [5.41, 5.74) is 8.19. The highest BCUT2D eigenvalue weighted by molar-refractivity contribution is 7.15. The molecule has 0 spiro atoms. The number of nitrogens with zero attached hydrogens (tertiary/aromatic N) is 3. The van der Waals surface area contributed by atoms with Gasteiger partial charge in [0.25, 0.3) is 0 Å². The zero-order valence-electron chi connectivity index (χ0n) is 22.8. The fourth-order valence-electron chi connectivity index (χ4n) is 6.58. The average molecular weight is 551 g/mol. The van der Waals surface area contributed by atoms with Crippen LogP contribution in [0.4, 0.5) is 5.69 Å². The molecule has 1 aliphatic heterocycles. The fraction of sp³-hybridized carbons (Fsp3) is 0.312. The molecule has 4 heterocycles. The predicted octanol–water partition coefficient (Wildman–Crippen LogP) is 7.38. The predicted molar refractivity (Wildman–Crippen MR) is 159 cm³/mol. The van der Waals surface area contributed by atoms with E-state index in [0.717, 1.165) is 72.9 Å². The van der Waals surface area contributed by atoms with Crippen molar-refractivity contribution in [1.82, 2.24) is 14.5 Å². The Balaban J connectivity index is 1.48. The molecule has 8 heteroatoms. The van der Waals surface area contributed by atoms with Crippen molar-refractivity contribution in [2.24, 2.45) is 0 Å². The number of benzene rings is 2. The van der Waals surface area contributed by atoms with Crippen LogP contribution in [0.15, 0.2) is 42.5 Å². The summed E-state index contributed by atoms with van der Waals surface area (Å²) < 4.78 is 7.12. The van der Waals surface area contributed by atoms with Crippen LogP contribution in [0.3, 0.4) is 0 Å². The molecule has 1 amide bonds. The van der Waals surface area contributed by atoms with Crippen LogP contribution in [-0.2, 0) is 16.1 Å². The van der Waals surface area contributed by atoms with E-state index in [-0.39, 0.29) is 18.4 Å². The minimum absolute atomic E-state index is 0.0972. The van der Waals surface area contributed by atoms with Crippen LogP contribution in [0.25, 0.3) is 43.6 Å². The number of aryl methyl sites for hydroxylation is 2. The van der Waals surface area contributed by atoms with Crippen LogP contribution < -0.4 is 5.32 Å². The summed E-state index contributed by atoms with van der Waals surface area (Å²) >= 11 is 1.64. The highest BCUT2D eigenvalue weighted by Gasteiger charge is 2.31. The van der Waals surface area contributed by atoms with Crippen molar-refractivity contribution in [3.05, 3.63) is 64.3 Å². The number of hydrogen-bond acceptors (Lipinski definition) is 6. The smallest absolute Gasteiger partial charge is 0.337 e. The molecule has 1 aliphatic carbocycles. The van der Waals surface area contributed by atoms with E-state index in [9.17, 15) is 9.59 Å². The number of esters is 1. The first-order valence-electron chi connectivity index (χ1n) is 13.8. The second kappa shape index (κ2) is 9.55. The number of carbonyl (C=O) groups is 2. The summed E-state index contributed by atoms with van der Waals surface area (Å²) in [5.74, 6) is -0.0827. The molecular weight excluding hydrogens is 520 g/mol. The zero-order chi connectivity index (χ0) is 27.5. The molecule has 0 atom stereocenters. The molecule has 0 radical (unpaired) electrons. The summed E-state index contributed by atoms with van der Waals surface area (Å²) in [6.07, 6.45) is 5.89. The first kappa shape index (κ1) is 25.0. The van der Waals surface area contributed by atoms with Crippen molar-refractivity contribution in [2.45, 2.75) is 58.4 Å². The van der Waals surface area contributed by atoms with Crippen LogP contribution in [0.5, 0.6) is 0 Å². The third-order valence-electron chi connectivity index (χ3n) is 8.33. The lowest BCUT2D eigenvalue weighted by atomic mass is 9.81. The van der Waals surface area contributed by atoms with Gasteiger partial charge in [0.1, 0.15) is 6.54 Å². The van der Waals surface area contributed by atoms with E-state index in [1.807, 2.05) is 38.1 Å². The number of pyridine rings is 1. The molecular formula is C32H30N4O3S. The molecule has 3 aromatic heterocycles. The Morgan fingerprint density at radius 2 is 1.88 bits per heavy atom. The van der Waals surface area contributed by atoms with E-state index >= 15 is 0 Å². The largest absolute Gasteiger partial charge is 0.465 e. The van der Waals surface area contributed by atoms with Crippen molar-refractivity contribution in [3.8, 4) is 21.8 Å². The molecule has 0 bridgehead atoms. The summed E-state index contributed by atoms with van der Waals surface area (Å²) in [6, 6.07) is 14.1. The standard InChI is InChI=1S/C32H30N4O3S/c1-17-31(40-18(2)33-17)24-12-10-20-13-23-26(15-25(20)34-24)35-28(37)16-36-27-14-21(32(38)39-3)9-11-22(27)29(30(23)36)19-7-5-4-6-8-19/h9-15,19H,4-8,16H2,1-3H3,(H,35,37). The normalized spacial score (nSPS) is 15.5. The second-order valence-electron chi connectivity index (χ2n) is 10.9. The number of anilines is 1. The van der Waals surface area contributed by atoms with E-state index in [1.165, 1.54) is 31.9 Å². The number of fused-ring (bicyclic) bond motifs is 6. The lowest BCUT2D eigenvalue weighted by molar-refractivity contribution is -0.116. The van der Waals surface area contributed by atoms with Crippen LogP contribution in [0.2, 0.25) is 0 Å². The average Bonchev–Trinajstić information content (AvgIpc) is 3.42. The number of nitrogens with one attached hydrogen (secondary N) is 1. The lowest BCUT2D eigenvalue weighted by Crippen LogP contribution is -2.16. The number of hydrogen-bond donors (Lipinski definition) is 1. The Morgan fingerprint density at radius 3 is 2.62 bits per heavy atom. The van der Waals surface area contributed by atoms with E-state index in [4.69, 9.17) is 9.72 Å². The minimum Gasteiger partial charge on any atom is -0.465 e. The minimum atomic E-state index is -0.380. The van der Waals surface area contributed by atoms with E-state index in [2.05, 4.69) is 33.1 Å². The molecule has 0 unspecified atom stereocenters. The van der Waals surface area contributed by atoms with E-state index in [0.29, 0.717) is 11.5 Å². The summed E-state index contributed by atoms with van der Waals surface area (Å²) in [5, 5.41) is 6.30. The second-order valence-corrected chi connectivity index (χ2v) is 12.1. The zero-order valence-corrected chi connectivity index (χ0v) is 23.7. The number of thiazole rings is 1. The van der Waals surface area contributed by atoms with Crippen LogP contribution in [0, 0.1) is 13.8 Å². The fourth-order valence-corrected chi connectivity index (χ4v) is 7.47. The van der Waals surface area contributed by atoms with Gasteiger partial charge in [0, 0.05) is 16.3 Å². The highest BCUT2D eigenvalue weighted by Crippen LogP contribution is 2.47. The van der Waals surface area contributed by atoms with Gasteiger partial charge in [-0.15, -0.1) is 11.3 Å². The van der Waals surface area contributed by atoms with Gasteiger partial charge >= 0.3 is 5.97 Å². The van der Waals surface area contributed by atoms with Crippen molar-refractivity contribution >= 4 is 50.7 Å². The summed E-state index contributed by atoms with van der Waals surface area (Å²) in [6.45, 7) is 4.19. The molecule has 0 saturated heterocycles. The Labute approximate surface area is 236 Å². The first-order chi connectivity index (χ1) is 19.4. The number of carbonyl (C=O) groups excluding carboxylic acids is 2. The Kier molecular flexibility index (Phi) is 5.96. The molecule has 2 aromatic carbocycles. The van der Waals surface area contributed by atoms with Gasteiger partial charge in [-0.05, 0) is 68.5 Å². The van der Waals surface area contributed by atoms with E-state index in [1.54, 1.807) is 11.3 Å². The first-order valence-corrected chi connectivity index (χ1v) is 14.7. The highest BCUT2D eigenvalue weighted by atomic mass is 32.1. The van der Waals surface area contributed by atoms with Gasteiger partial charge in [0.2, 0.25) is 5.91 Å². The topological polar surface area (TPSA) is 86.1 Å². The molecule has 7 rings (SSSR count). The molecule has 7 nitrogen and oxygen atoms in total. The molecule has 5 aromatic rings. The summed E-state index contributed by atoms with van der Waals surface area (Å²) in [4.78, 5) is 36.4. The Bertz CT molecular complexity index is 1840. The lowest BCUT2D eigenvalue weighted by Gasteiger charge is -2.24. The van der Waals surface area contributed by atoms with Crippen LogP contribution in [0.1, 0.15) is 64.6 Å². The van der Waals surface area contributed by atoms with Crippen molar-refractivity contribution in [1.29, 1.82) is 0 Å². The monoisotopic (exact) mass is 550 g/mol. The molecule has 1 saturated carbocycles. The van der Waals surface area contributed by atoms with Gasteiger partial charge in [-0.3, -0.25) is 4.79 Å². The van der Waals surface area contributed by atoms with Crippen molar-refractivity contribution < 1.29 is 14.3 Å². The van der Waals surface area contributed by atoms with Gasteiger partial charge in [0.15, 0.2) is 0 Å². The number of methoxy groups -OCH3 is 1. The molecule has 2 aliphatic rings. The van der Waals surface area contributed by atoms with Gasteiger partial charge in [-0.2, -0.15) is 0 Å². The number of ether oxygens (including phenoxy) is 1. The maximum atomic E-state index is 13.3. The van der Waals surface area contributed by atoms with Gasteiger partial charge in [-0.1, -0.05) is 31.4 Å². The van der Waals surface area contributed by atoms with Gasteiger partial charge < -0.3 is 14.6 Å². The van der Waals surface area contributed by atoms with E-state index < -0.39 is 0 Å². The number of amides is 1. The van der Waals surface area contributed by atoms with Crippen molar-refractivity contribution in [3.63, 3.8) is 0 Å². The van der Waals surface area contributed by atoms with Gasteiger partial charge in [-0.25, -0.2) is 14.8 Å². The quantitative estimate of drug-likeness (QED) is 0.237. The molecule has 202 valence electrons. The van der Waals surface area contributed by atoms with Crippen LogP contribution >= 0.6 is 11.3 Å².